The zero-order valence-corrected chi connectivity index (χ0v) is 32.9. The highest BCUT2D eigenvalue weighted by Gasteiger charge is 2.74. The van der Waals surface area contributed by atoms with Gasteiger partial charge in [-0.25, -0.2) is 0 Å². The van der Waals surface area contributed by atoms with Crippen LogP contribution in [0.1, 0.15) is 99.8 Å². The fraction of sp³-hybridized carbons (Fsp3) is 0.927. The molecule has 0 radical (unpaired) electrons. The molecule has 54 heavy (non-hydrogen) atoms. The average molecular weight is 765 g/mol. The van der Waals surface area contributed by atoms with Crippen LogP contribution in [0.15, 0.2) is 11.6 Å². The monoisotopic (exact) mass is 764 g/mol. The van der Waals surface area contributed by atoms with Crippen LogP contribution in [0.2, 0.25) is 0 Å². The van der Waals surface area contributed by atoms with Gasteiger partial charge in [0, 0.05) is 11.8 Å². The molecule has 7 fully saturated rings. The molecule has 3 aliphatic heterocycles. The molecule has 4 saturated carbocycles. The molecule has 0 aromatic rings. The third-order valence-corrected chi connectivity index (χ3v) is 17.3. The SMILES string of the molecule is CC1(C)C[C@H]2C3=CCC4[C@@]5(C)CC[C@H](O[C@@H]6O[C@H](CO[C@@H]7OC[C@H](O)[C@H](O)[C@H]7O)[C@@H](O)[C@H](O)[C@H]6O)C(C)(C)C5CC[C@@]4(C)[C@]3(C)C[C@@H](O)[C@@]23C[C@@H]1OC3=O. The largest absolute Gasteiger partial charge is 0.461 e. The Morgan fingerprint density at radius 3 is 2.22 bits per heavy atom. The fourth-order valence-electron chi connectivity index (χ4n) is 13.8. The number of aliphatic hydroxyl groups is 7. The average Bonchev–Trinajstić information content (AvgIpc) is 3.42. The van der Waals surface area contributed by atoms with E-state index in [9.17, 15) is 40.5 Å². The van der Waals surface area contributed by atoms with Crippen molar-refractivity contribution in [2.24, 2.45) is 50.2 Å². The van der Waals surface area contributed by atoms with Crippen molar-refractivity contribution in [2.75, 3.05) is 13.2 Å². The quantitative estimate of drug-likeness (QED) is 0.122. The Balaban J connectivity index is 1.01. The third-order valence-electron chi connectivity index (χ3n) is 17.3. The second-order valence-electron chi connectivity index (χ2n) is 20.5. The number of allylic oxidation sites excluding steroid dienone is 2. The maximum absolute atomic E-state index is 13.6. The smallest absolute Gasteiger partial charge is 0.315 e. The van der Waals surface area contributed by atoms with Crippen LogP contribution in [0.4, 0.5) is 0 Å². The molecule has 7 N–H and O–H groups in total. The summed E-state index contributed by atoms with van der Waals surface area (Å²) in [6, 6.07) is 0. The van der Waals surface area contributed by atoms with Crippen molar-refractivity contribution < 1.29 is 64.2 Å². The Hall–Kier alpha value is -1.23. The number of carbonyl (C=O) groups is 1. The van der Waals surface area contributed by atoms with E-state index in [1.165, 1.54) is 5.57 Å². The van der Waals surface area contributed by atoms with Crippen LogP contribution in [0, 0.1) is 50.2 Å². The van der Waals surface area contributed by atoms with E-state index in [1.807, 2.05) is 0 Å². The minimum absolute atomic E-state index is 0.0406. The predicted octanol–water partition coefficient (Wildman–Crippen LogP) is 1.94. The highest BCUT2D eigenvalue weighted by atomic mass is 16.7. The summed E-state index contributed by atoms with van der Waals surface area (Å²) in [7, 11) is 0. The van der Waals surface area contributed by atoms with Crippen molar-refractivity contribution in [3.05, 3.63) is 11.6 Å². The van der Waals surface area contributed by atoms with Gasteiger partial charge in [0.05, 0.1) is 25.4 Å². The van der Waals surface area contributed by atoms with Crippen LogP contribution in [0.25, 0.3) is 0 Å². The first-order valence-corrected chi connectivity index (χ1v) is 20.4. The van der Waals surface area contributed by atoms with Gasteiger partial charge in [-0.1, -0.05) is 60.1 Å². The van der Waals surface area contributed by atoms with Crippen LogP contribution in [-0.2, 0) is 28.5 Å². The van der Waals surface area contributed by atoms with E-state index in [2.05, 4.69) is 54.5 Å². The van der Waals surface area contributed by atoms with E-state index in [4.69, 9.17) is 23.7 Å². The minimum Gasteiger partial charge on any atom is -0.461 e. The zero-order chi connectivity index (χ0) is 39.1. The molecular weight excluding hydrogens is 700 g/mol. The third kappa shape index (κ3) is 5.32. The molecule has 19 atom stereocenters. The topological polar surface area (TPSA) is 205 Å². The van der Waals surface area contributed by atoms with Crippen molar-refractivity contribution in [1.29, 1.82) is 0 Å². The van der Waals surface area contributed by atoms with E-state index in [0.717, 1.165) is 32.1 Å². The molecule has 3 heterocycles. The number of hydrogen-bond acceptors (Lipinski definition) is 13. The van der Waals surface area contributed by atoms with Gasteiger partial charge in [0.15, 0.2) is 12.6 Å². The molecular formula is C41H64O13. The summed E-state index contributed by atoms with van der Waals surface area (Å²) < 4.78 is 29.6. The van der Waals surface area contributed by atoms with Gasteiger partial charge in [-0.2, -0.15) is 0 Å². The van der Waals surface area contributed by atoms with Gasteiger partial charge >= 0.3 is 5.97 Å². The molecule has 2 bridgehead atoms. The fourth-order valence-corrected chi connectivity index (χ4v) is 13.8. The van der Waals surface area contributed by atoms with Crippen molar-refractivity contribution in [3.8, 4) is 0 Å². The summed E-state index contributed by atoms with van der Waals surface area (Å²) >= 11 is 0. The maximum atomic E-state index is 13.6. The van der Waals surface area contributed by atoms with E-state index >= 15 is 0 Å². The van der Waals surface area contributed by atoms with E-state index in [0.29, 0.717) is 25.2 Å². The second kappa shape index (κ2) is 12.9. The first-order chi connectivity index (χ1) is 25.1. The summed E-state index contributed by atoms with van der Waals surface area (Å²) in [6.07, 6.45) is -5.09. The highest BCUT2D eigenvalue weighted by molar-refractivity contribution is 5.82. The normalized spacial score (nSPS) is 56.1. The zero-order valence-electron chi connectivity index (χ0n) is 32.9. The Morgan fingerprint density at radius 1 is 0.796 bits per heavy atom. The molecule has 0 aromatic heterocycles. The van der Waals surface area contributed by atoms with Crippen LogP contribution in [0.3, 0.4) is 0 Å². The van der Waals surface area contributed by atoms with Crippen LogP contribution < -0.4 is 0 Å². The number of aliphatic hydroxyl groups excluding tert-OH is 7. The van der Waals surface area contributed by atoms with Gasteiger partial charge in [-0.15, -0.1) is 0 Å². The molecule has 13 nitrogen and oxygen atoms in total. The van der Waals surface area contributed by atoms with Gasteiger partial charge in [-0.05, 0) is 84.4 Å². The number of carbonyl (C=O) groups excluding carboxylic acids is 1. The van der Waals surface area contributed by atoms with E-state index < -0.39 is 66.8 Å². The van der Waals surface area contributed by atoms with Crippen LogP contribution in [-0.4, -0.2) is 129 Å². The molecule has 0 amide bonds. The molecule has 1 spiro atoms. The lowest BCUT2D eigenvalue weighted by Gasteiger charge is -2.71. The predicted molar refractivity (Wildman–Crippen MR) is 191 cm³/mol. The number of hydrogen-bond donors (Lipinski definition) is 7. The molecule has 3 saturated heterocycles. The second-order valence-corrected chi connectivity index (χ2v) is 20.5. The summed E-state index contributed by atoms with van der Waals surface area (Å²) in [5.41, 5.74) is -0.493. The number of esters is 1. The molecule has 13 heteroatoms. The molecule has 5 aliphatic carbocycles. The van der Waals surface area contributed by atoms with Gasteiger partial charge in [0.25, 0.3) is 0 Å². The first kappa shape index (κ1) is 39.6. The molecule has 2 unspecified atom stereocenters. The summed E-state index contributed by atoms with van der Waals surface area (Å²) in [5.74, 6) is 0.320. The standard InChI is InChI=1S/C41H64O13/c1-36(2)14-20-19-8-9-24-38(5)12-11-26(53-34-32(48)30(46)29(45)22(52-34)18-51-33-31(47)28(44)21(42)17-50-33)37(3,4)23(38)10-13-39(24,6)40(19,7)15-25(43)41(20)16-27(36)54-35(41)49/h8,20-34,42-48H,9-18H2,1-7H3/t20-,21-,22+,23?,24?,25+,26-,27-,28-,29+,30-,31+,32+,33-,34-,38-,39+,40+,41+/m0/s1. The number of ether oxygens (including phenoxy) is 5. The van der Waals surface area contributed by atoms with Gasteiger partial charge in [0.1, 0.15) is 54.2 Å². The van der Waals surface area contributed by atoms with Crippen molar-refractivity contribution in [1.82, 2.24) is 0 Å². The van der Waals surface area contributed by atoms with E-state index in [-0.39, 0.29) is 70.3 Å². The lowest BCUT2D eigenvalue weighted by Crippen LogP contribution is -2.67. The number of fused-ring (bicyclic) bond motifs is 7. The van der Waals surface area contributed by atoms with Gasteiger partial charge in [-0.3, -0.25) is 4.79 Å². The van der Waals surface area contributed by atoms with Crippen molar-refractivity contribution in [3.63, 3.8) is 0 Å². The summed E-state index contributed by atoms with van der Waals surface area (Å²) in [6.45, 7) is 15.5. The molecule has 0 aromatic carbocycles. The van der Waals surface area contributed by atoms with Crippen molar-refractivity contribution in [2.45, 2.75) is 173 Å². The minimum atomic E-state index is -1.59. The Kier molecular flexibility index (Phi) is 9.45. The van der Waals surface area contributed by atoms with Gasteiger partial charge in [0.2, 0.25) is 0 Å². The maximum Gasteiger partial charge on any atom is 0.315 e. The molecule has 306 valence electrons. The Morgan fingerprint density at radius 2 is 1.50 bits per heavy atom. The summed E-state index contributed by atoms with van der Waals surface area (Å²) in [4.78, 5) is 13.6. The molecule has 8 aliphatic rings. The van der Waals surface area contributed by atoms with E-state index in [1.54, 1.807) is 0 Å². The Labute approximate surface area is 318 Å². The lowest BCUT2D eigenvalue weighted by molar-refractivity contribution is -0.340. The first-order valence-electron chi connectivity index (χ1n) is 20.4. The van der Waals surface area contributed by atoms with Crippen LogP contribution in [0.5, 0.6) is 0 Å². The molecule has 8 rings (SSSR count). The van der Waals surface area contributed by atoms with Crippen molar-refractivity contribution >= 4 is 5.97 Å². The summed E-state index contributed by atoms with van der Waals surface area (Å²) in [5, 5.41) is 74.9. The highest BCUT2D eigenvalue weighted by Crippen LogP contribution is 2.76. The van der Waals surface area contributed by atoms with Gasteiger partial charge < -0.3 is 59.4 Å². The van der Waals surface area contributed by atoms with Crippen LogP contribution >= 0.6 is 0 Å². The Bertz CT molecular complexity index is 1520. The number of rotatable bonds is 5. The lowest BCUT2D eigenvalue weighted by atomic mass is 9.33.